The first-order valence-corrected chi connectivity index (χ1v) is 6.99. The van der Waals surface area contributed by atoms with E-state index in [1.165, 1.54) is 19.3 Å². The molecule has 0 amide bonds. The first-order valence-electron chi connectivity index (χ1n) is 6.99. The van der Waals surface area contributed by atoms with Gasteiger partial charge in [-0.05, 0) is 56.3 Å². The Bertz CT molecular complexity index is 233. The minimum atomic E-state index is -0.385. The maximum atomic E-state index is 10.8. The SMILES string of the molecule is CC1CCC(C2(O)CCC(N)CC2)CC1C. The highest BCUT2D eigenvalue weighted by Crippen LogP contribution is 2.44. The Balaban J connectivity index is 1.96. The van der Waals surface area contributed by atoms with Gasteiger partial charge in [-0.1, -0.05) is 20.3 Å². The van der Waals surface area contributed by atoms with Crippen LogP contribution in [0.1, 0.15) is 58.8 Å². The lowest BCUT2D eigenvalue weighted by molar-refractivity contribution is -0.0751. The van der Waals surface area contributed by atoms with Gasteiger partial charge in [0.15, 0.2) is 0 Å². The number of nitrogens with two attached hydrogens (primary N) is 1. The lowest BCUT2D eigenvalue weighted by Gasteiger charge is -2.45. The Morgan fingerprint density at radius 3 is 2.19 bits per heavy atom. The smallest absolute Gasteiger partial charge is 0.0677 e. The van der Waals surface area contributed by atoms with Crippen molar-refractivity contribution in [1.29, 1.82) is 0 Å². The summed E-state index contributed by atoms with van der Waals surface area (Å²) in [6, 6.07) is 0.334. The van der Waals surface area contributed by atoms with Gasteiger partial charge in [0.2, 0.25) is 0 Å². The molecule has 2 nitrogen and oxygen atoms in total. The fourth-order valence-electron chi connectivity index (χ4n) is 3.58. The van der Waals surface area contributed by atoms with E-state index in [9.17, 15) is 5.11 Å². The predicted molar refractivity (Wildman–Crippen MR) is 67.1 cm³/mol. The van der Waals surface area contributed by atoms with E-state index in [0.717, 1.165) is 37.5 Å². The molecule has 2 rings (SSSR count). The topological polar surface area (TPSA) is 46.2 Å². The number of hydrogen-bond acceptors (Lipinski definition) is 2. The summed E-state index contributed by atoms with van der Waals surface area (Å²) < 4.78 is 0. The van der Waals surface area contributed by atoms with E-state index in [1.807, 2.05) is 0 Å². The fraction of sp³-hybridized carbons (Fsp3) is 1.00. The van der Waals surface area contributed by atoms with Crippen molar-refractivity contribution in [2.24, 2.45) is 23.5 Å². The van der Waals surface area contributed by atoms with Crippen LogP contribution >= 0.6 is 0 Å². The first kappa shape index (κ1) is 12.4. The summed E-state index contributed by atoms with van der Waals surface area (Å²) in [5, 5.41) is 10.8. The van der Waals surface area contributed by atoms with Crippen molar-refractivity contribution in [2.45, 2.75) is 70.4 Å². The minimum Gasteiger partial charge on any atom is -0.390 e. The van der Waals surface area contributed by atoms with Gasteiger partial charge >= 0.3 is 0 Å². The molecule has 0 saturated heterocycles. The summed E-state index contributed by atoms with van der Waals surface area (Å²) in [5.74, 6) is 2.15. The van der Waals surface area contributed by atoms with Crippen LogP contribution in [-0.2, 0) is 0 Å². The van der Waals surface area contributed by atoms with Crippen molar-refractivity contribution < 1.29 is 5.11 Å². The van der Waals surface area contributed by atoms with Crippen molar-refractivity contribution in [1.82, 2.24) is 0 Å². The Morgan fingerprint density at radius 2 is 1.62 bits per heavy atom. The molecule has 2 aliphatic carbocycles. The molecule has 0 spiro atoms. The molecule has 3 N–H and O–H groups in total. The molecule has 0 bridgehead atoms. The van der Waals surface area contributed by atoms with E-state index in [0.29, 0.717) is 12.0 Å². The van der Waals surface area contributed by atoms with Crippen LogP contribution in [0.25, 0.3) is 0 Å². The third-order valence-corrected chi connectivity index (χ3v) is 5.25. The van der Waals surface area contributed by atoms with Crippen LogP contribution in [-0.4, -0.2) is 16.7 Å². The zero-order valence-corrected chi connectivity index (χ0v) is 10.8. The number of rotatable bonds is 1. The number of hydrogen-bond donors (Lipinski definition) is 2. The van der Waals surface area contributed by atoms with Crippen molar-refractivity contribution in [3.63, 3.8) is 0 Å². The van der Waals surface area contributed by atoms with Gasteiger partial charge in [-0.2, -0.15) is 0 Å². The molecule has 0 aromatic heterocycles. The second-order valence-corrected chi connectivity index (χ2v) is 6.41. The van der Waals surface area contributed by atoms with Crippen molar-refractivity contribution in [3.05, 3.63) is 0 Å². The Kier molecular flexibility index (Phi) is 3.60. The van der Waals surface area contributed by atoms with Gasteiger partial charge in [-0.25, -0.2) is 0 Å². The molecule has 0 aliphatic heterocycles. The average molecular weight is 225 g/mol. The highest BCUT2D eigenvalue weighted by Gasteiger charge is 2.41. The minimum absolute atomic E-state index is 0.334. The van der Waals surface area contributed by atoms with Gasteiger partial charge in [0.05, 0.1) is 5.60 Å². The average Bonchev–Trinajstić information content (AvgIpc) is 2.26. The summed E-state index contributed by atoms with van der Waals surface area (Å²) >= 11 is 0. The molecule has 94 valence electrons. The van der Waals surface area contributed by atoms with Gasteiger partial charge in [0.25, 0.3) is 0 Å². The van der Waals surface area contributed by atoms with E-state index < -0.39 is 0 Å². The molecule has 0 aromatic rings. The van der Waals surface area contributed by atoms with Gasteiger partial charge in [-0.15, -0.1) is 0 Å². The van der Waals surface area contributed by atoms with Crippen LogP contribution in [0.5, 0.6) is 0 Å². The van der Waals surface area contributed by atoms with Gasteiger partial charge in [0, 0.05) is 6.04 Å². The predicted octanol–water partition coefficient (Wildman–Crippen LogP) is 2.69. The van der Waals surface area contributed by atoms with E-state index in [1.54, 1.807) is 0 Å². The van der Waals surface area contributed by atoms with Crippen LogP contribution in [0.3, 0.4) is 0 Å². The quantitative estimate of drug-likeness (QED) is 0.720. The fourth-order valence-corrected chi connectivity index (χ4v) is 3.58. The molecular formula is C14H27NO. The summed E-state index contributed by atoms with van der Waals surface area (Å²) in [5.41, 5.74) is 5.54. The van der Waals surface area contributed by atoms with Crippen molar-refractivity contribution >= 4 is 0 Å². The summed E-state index contributed by atoms with van der Waals surface area (Å²) in [4.78, 5) is 0. The Labute approximate surface area is 99.6 Å². The third kappa shape index (κ3) is 2.43. The first-order chi connectivity index (χ1) is 7.51. The maximum absolute atomic E-state index is 10.8. The molecule has 2 heteroatoms. The molecular weight excluding hydrogens is 198 g/mol. The van der Waals surface area contributed by atoms with E-state index in [4.69, 9.17) is 5.73 Å². The molecule has 2 saturated carbocycles. The zero-order chi connectivity index (χ0) is 11.8. The lowest BCUT2D eigenvalue weighted by Crippen LogP contribution is -2.46. The largest absolute Gasteiger partial charge is 0.390 e. The lowest BCUT2D eigenvalue weighted by atomic mass is 9.65. The Hall–Kier alpha value is -0.0800. The van der Waals surface area contributed by atoms with Crippen LogP contribution in [0.4, 0.5) is 0 Å². The second-order valence-electron chi connectivity index (χ2n) is 6.41. The van der Waals surface area contributed by atoms with E-state index >= 15 is 0 Å². The summed E-state index contributed by atoms with van der Waals surface area (Å²) in [7, 11) is 0. The molecule has 2 aliphatic rings. The molecule has 0 radical (unpaired) electrons. The van der Waals surface area contributed by atoms with Gasteiger partial charge in [0.1, 0.15) is 0 Å². The van der Waals surface area contributed by atoms with Gasteiger partial charge < -0.3 is 10.8 Å². The van der Waals surface area contributed by atoms with Crippen molar-refractivity contribution in [3.8, 4) is 0 Å². The van der Waals surface area contributed by atoms with Crippen LogP contribution < -0.4 is 5.73 Å². The maximum Gasteiger partial charge on any atom is 0.0677 e. The normalized spacial score (nSPS) is 50.2. The molecule has 3 atom stereocenters. The van der Waals surface area contributed by atoms with E-state index in [2.05, 4.69) is 13.8 Å². The van der Waals surface area contributed by atoms with Gasteiger partial charge in [-0.3, -0.25) is 0 Å². The highest BCUT2D eigenvalue weighted by molar-refractivity contribution is 4.94. The number of aliphatic hydroxyl groups is 1. The van der Waals surface area contributed by atoms with E-state index in [-0.39, 0.29) is 5.60 Å². The zero-order valence-electron chi connectivity index (χ0n) is 10.8. The van der Waals surface area contributed by atoms with Crippen LogP contribution in [0.2, 0.25) is 0 Å². The Morgan fingerprint density at radius 1 is 1.00 bits per heavy atom. The highest BCUT2D eigenvalue weighted by atomic mass is 16.3. The third-order valence-electron chi connectivity index (χ3n) is 5.25. The standard InChI is InChI=1S/C14H27NO/c1-10-3-4-12(9-11(10)2)14(16)7-5-13(15)6-8-14/h10-13,16H,3-9,15H2,1-2H3. The molecule has 0 heterocycles. The summed E-state index contributed by atoms with van der Waals surface area (Å²) in [6.07, 6.45) is 7.61. The summed E-state index contributed by atoms with van der Waals surface area (Å²) in [6.45, 7) is 4.69. The molecule has 0 aromatic carbocycles. The molecule has 16 heavy (non-hydrogen) atoms. The van der Waals surface area contributed by atoms with Crippen LogP contribution in [0, 0.1) is 17.8 Å². The molecule has 3 unspecified atom stereocenters. The van der Waals surface area contributed by atoms with Crippen molar-refractivity contribution in [2.75, 3.05) is 0 Å². The second kappa shape index (κ2) is 4.66. The monoisotopic (exact) mass is 225 g/mol. The van der Waals surface area contributed by atoms with Crippen LogP contribution in [0.15, 0.2) is 0 Å². The molecule has 2 fully saturated rings.